The molecule has 0 aliphatic heterocycles. The Labute approximate surface area is 134 Å². The maximum Gasteiger partial charge on any atom is 0.265 e. The number of amides is 1. The molecule has 0 spiro atoms. The molecular weight excluding hydrogens is 296 g/mol. The summed E-state index contributed by atoms with van der Waals surface area (Å²) in [5.74, 6) is 0.652. The van der Waals surface area contributed by atoms with Crippen molar-refractivity contribution in [1.29, 1.82) is 0 Å². The Balaban J connectivity index is 1.82. The van der Waals surface area contributed by atoms with Gasteiger partial charge in [0.1, 0.15) is 4.88 Å². The number of carbonyl (C=O) groups excluding carboxylic acids is 1. The predicted molar refractivity (Wildman–Crippen MR) is 86.8 cm³/mol. The highest BCUT2D eigenvalue weighted by molar-refractivity contribution is 7.17. The summed E-state index contributed by atoms with van der Waals surface area (Å²) in [5, 5.41) is 0.707. The molecule has 0 N–H and O–H groups in total. The first kappa shape index (κ1) is 15.1. The summed E-state index contributed by atoms with van der Waals surface area (Å²) in [5.41, 5.74) is 0.764. The second kappa shape index (κ2) is 6.52. The van der Waals surface area contributed by atoms with Gasteiger partial charge in [-0.1, -0.05) is 19.3 Å². The summed E-state index contributed by atoms with van der Waals surface area (Å²) in [6.07, 6.45) is 9.31. The van der Waals surface area contributed by atoms with Crippen LogP contribution in [0.4, 0.5) is 0 Å². The standard InChI is InChI=1S/C16H20N4OS/c1-11-13(16(21)20(2)12-7-4-3-5-8-12)22-15(19-11)14-17-9-6-10-18-14/h6,9-10,12H,3-5,7-8H2,1-2H3. The minimum Gasteiger partial charge on any atom is -0.338 e. The van der Waals surface area contributed by atoms with Crippen LogP contribution in [0.1, 0.15) is 47.5 Å². The van der Waals surface area contributed by atoms with Crippen LogP contribution >= 0.6 is 11.3 Å². The summed E-state index contributed by atoms with van der Waals surface area (Å²) in [7, 11) is 1.91. The van der Waals surface area contributed by atoms with Gasteiger partial charge in [-0.2, -0.15) is 0 Å². The van der Waals surface area contributed by atoms with E-state index < -0.39 is 0 Å². The van der Waals surface area contributed by atoms with Crippen LogP contribution in [0.25, 0.3) is 10.8 Å². The molecule has 0 radical (unpaired) electrons. The third-order valence-electron chi connectivity index (χ3n) is 4.19. The topological polar surface area (TPSA) is 59.0 Å². The van der Waals surface area contributed by atoms with Gasteiger partial charge in [-0.15, -0.1) is 11.3 Å². The zero-order chi connectivity index (χ0) is 15.5. The highest BCUT2D eigenvalue weighted by Gasteiger charge is 2.26. The molecule has 2 aromatic heterocycles. The maximum absolute atomic E-state index is 12.8. The summed E-state index contributed by atoms with van der Waals surface area (Å²) in [6, 6.07) is 2.13. The third kappa shape index (κ3) is 3.02. The first-order valence-electron chi connectivity index (χ1n) is 7.69. The van der Waals surface area contributed by atoms with Crippen molar-refractivity contribution in [1.82, 2.24) is 19.9 Å². The van der Waals surface area contributed by atoms with Crippen LogP contribution in [0.5, 0.6) is 0 Å². The Morgan fingerprint density at radius 1 is 1.23 bits per heavy atom. The largest absolute Gasteiger partial charge is 0.338 e. The third-order valence-corrected chi connectivity index (χ3v) is 5.33. The summed E-state index contributed by atoms with van der Waals surface area (Å²) in [4.78, 5) is 28.3. The van der Waals surface area contributed by atoms with Gasteiger partial charge < -0.3 is 4.90 Å². The van der Waals surface area contributed by atoms with E-state index >= 15 is 0 Å². The average Bonchev–Trinajstić information content (AvgIpc) is 2.97. The molecule has 2 heterocycles. The number of rotatable bonds is 3. The fourth-order valence-electron chi connectivity index (χ4n) is 2.89. The molecule has 0 saturated heterocycles. The number of nitrogens with zero attached hydrogens (tertiary/aromatic N) is 4. The molecule has 2 aromatic rings. The second-order valence-corrected chi connectivity index (χ2v) is 6.71. The van der Waals surface area contributed by atoms with Gasteiger partial charge >= 0.3 is 0 Å². The fourth-order valence-corrected chi connectivity index (χ4v) is 3.89. The highest BCUT2D eigenvalue weighted by atomic mass is 32.1. The SMILES string of the molecule is Cc1nc(-c2ncccn2)sc1C(=O)N(C)C1CCCCC1. The van der Waals surface area contributed by atoms with Crippen LogP contribution in [0.3, 0.4) is 0 Å². The summed E-state index contributed by atoms with van der Waals surface area (Å²) < 4.78 is 0. The van der Waals surface area contributed by atoms with E-state index in [9.17, 15) is 4.79 Å². The van der Waals surface area contributed by atoms with E-state index in [0.29, 0.717) is 21.8 Å². The summed E-state index contributed by atoms with van der Waals surface area (Å²) >= 11 is 1.39. The smallest absolute Gasteiger partial charge is 0.265 e. The van der Waals surface area contributed by atoms with Crippen molar-refractivity contribution >= 4 is 17.2 Å². The Kier molecular flexibility index (Phi) is 4.47. The first-order chi connectivity index (χ1) is 10.7. The monoisotopic (exact) mass is 316 g/mol. The molecule has 0 unspecified atom stereocenters. The van der Waals surface area contributed by atoms with E-state index in [2.05, 4.69) is 15.0 Å². The van der Waals surface area contributed by atoms with Crippen LogP contribution in [0.2, 0.25) is 0 Å². The van der Waals surface area contributed by atoms with Crippen LogP contribution in [0.15, 0.2) is 18.5 Å². The van der Waals surface area contributed by atoms with Gasteiger partial charge in [0, 0.05) is 25.5 Å². The molecule has 1 aliphatic rings. The molecule has 3 rings (SSSR count). The quantitative estimate of drug-likeness (QED) is 0.871. The molecule has 116 valence electrons. The van der Waals surface area contributed by atoms with Crippen molar-refractivity contribution in [2.75, 3.05) is 7.05 Å². The minimum atomic E-state index is 0.0732. The maximum atomic E-state index is 12.8. The molecule has 22 heavy (non-hydrogen) atoms. The zero-order valence-corrected chi connectivity index (χ0v) is 13.8. The molecule has 1 saturated carbocycles. The molecule has 0 bridgehead atoms. The molecule has 6 heteroatoms. The lowest BCUT2D eigenvalue weighted by molar-refractivity contribution is 0.0700. The number of thiazole rings is 1. The number of aromatic nitrogens is 3. The van der Waals surface area contributed by atoms with Crippen molar-refractivity contribution in [2.45, 2.75) is 45.1 Å². The molecule has 1 fully saturated rings. The minimum absolute atomic E-state index is 0.0732. The Hall–Kier alpha value is -1.82. The van der Waals surface area contributed by atoms with Crippen molar-refractivity contribution in [3.8, 4) is 10.8 Å². The van der Waals surface area contributed by atoms with E-state index in [1.807, 2.05) is 18.9 Å². The zero-order valence-electron chi connectivity index (χ0n) is 13.0. The lowest BCUT2D eigenvalue weighted by atomic mass is 9.94. The van der Waals surface area contributed by atoms with Gasteiger partial charge in [0.25, 0.3) is 5.91 Å². The van der Waals surface area contributed by atoms with Crippen LogP contribution in [-0.4, -0.2) is 38.8 Å². The van der Waals surface area contributed by atoms with Crippen LogP contribution < -0.4 is 0 Å². The van der Waals surface area contributed by atoms with Gasteiger partial charge in [0.2, 0.25) is 0 Å². The molecule has 5 nitrogen and oxygen atoms in total. The van der Waals surface area contributed by atoms with E-state index in [1.54, 1.807) is 18.5 Å². The molecule has 0 atom stereocenters. The van der Waals surface area contributed by atoms with Crippen LogP contribution in [-0.2, 0) is 0 Å². The number of aryl methyl sites for hydroxylation is 1. The molecule has 1 amide bonds. The van der Waals surface area contributed by atoms with E-state index in [0.717, 1.165) is 18.5 Å². The fraction of sp³-hybridized carbons (Fsp3) is 0.500. The van der Waals surface area contributed by atoms with E-state index in [4.69, 9.17) is 0 Å². The van der Waals surface area contributed by atoms with Crippen LogP contribution in [0, 0.1) is 6.92 Å². The van der Waals surface area contributed by atoms with Crippen molar-refractivity contribution in [3.05, 3.63) is 29.0 Å². The molecular formula is C16H20N4OS. The number of hydrogen-bond donors (Lipinski definition) is 0. The second-order valence-electron chi connectivity index (χ2n) is 5.71. The predicted octanol–water partition coefficient (Wildman–Crippen LogP) is 3.31. The lowest BCUT2D eigenvalue weighted by Crippen LogP contribution is -2.38. The Morgan fingerprint density at radius 2 is 1.91 bits per heavy atom. The number of carbonyl (C=O) groups is 1. The first-order valence-corrected chi connectivity index (χ1v) is 8.50. The van der Waals surface area contributed by atoms with E-state index in [1.165, 1.54) is 30.6 Å². The highest BCUT2D eigenvalue weighted by Crippen LogP contribution is 2.28. The normalized spacial score (nSPS) is 15.7. The average molecular weight is 316 g/mol. The van der Waals surface area contributed by atoms with Crippen molar-refractivity contribution < 1.29 is 4.79 Å². The van der Waals surface area contributed by atoms with Gasteiger partial charge in [-0.05, 0) is 25.8 Å². The van der Waals surface area contributed by atoms with Crippen molar-refractivity contribution in [2.24, 2.45) is 0 Å². The molecule has 0 aromatic carbocycles. The van der Waals surface area contributed by atoms with Gasteiger partial charge in [0.05, 0.1) is 5.69 Å². The van der Waals surface area contributed by atoms with Crippen molar-refractivity contribution in [3.63, 3.8) is 0 Å². The molecule has 1 aliphatic carbocycles. The lowest BCUT2D eigenvalue weighted by Gasteiger charge is -2.31. The van der Waals surface area contributed by atoms with Gasteiger partial charge in [0.15, 0.2) is 10.8 Å². The van der Waals surface area contributed by atoms with Gasteiger partial charge in [-0.3, -0.25) is 4.79 Å². The Morgan fingerprint density at radius 3 is 2.59 bits per heavy atom. The Bertz CT molecular complexity index is 649. The van der Waals surface area contributed by atoms with Gasteiger partial charge in [-0.25, -0.2) is 15.0 Å². The number of hydrogen-bond acceptors (Lipinski definition) is 5. The van der Waals surface area contributed by atoms with E-state index in [-0.39, 0.29) is 5.91 Å². The summed E-state index contributed by atoms with van der Waals surface area (Å²) in [6.45, 7) is 1.88.